The number of rotatable bonds is 2. The van der Waals surface area contributed by atoms with E-state index in [2.05, 4.69) is 11.8 Å². The number of hydrogen-bond donors (Lipinski definition) is 1. The lowest BCUT2D eigenvalue weighted by Gasteiger charge is -2.01. The first kappa shape index (κ1) is 14.6. The normalized spacial score (nSPS) is 10.1. The van der Waals surface area contributed by atoms with Crippen LogP contribution in [0, 0.1) is 22.0 Å². The van der Waals surface area contributed by atoms with Crippen LogP contribution in [0.1, 0.15) is 11.1 Å². The van der Waals surface area contributed by atoms with Gasteiger partial charge in [-0.2, -0.15) is 0 Å². The quantitative estimate of drug-likeness (QED) is 0.396. The Hall–Kier alpha value is -2.77. The Kier molecular flexibility index (Phi) is 4.60. The Morgan fingerprint density at radius 3 is 2.62 bits per heavy atom. The Labute approximate surface area is 127 Å². The molecule has 5 heteroatoms. The maximum Gasteiger partial charge on any atom is 0.272 e. The largest absolute Gasteiger partial charge is 0.397 e. The van der Waals surface area contributed by atoms with E-state index in [1.807, 2.05) is 36.4 Å². The lowest BCUT2D eigenvalue weighted by atomic mass is 10.1. The van der Waals surface area contributed by atoms with Crippen LogP contribution < -0.4 is 5.73 Å². The van der Waals surface area contributed by atoms with Crippen molar-refractivity contribution in [1.82, 2.24) is 0 Å². The minimum Gasteiger partial charge on any atom is -0.397 e. The second-order valence-electron chi connectivity index (χ2n) is 4.16. The summed E-state index contributed by atoms with van der Waals surface area (Å²) in [5.41, 5.74) is 7.22. The van der Waals surface area contributed by atoms with Gasteiger partial charge in [-0.1, -0.05) is 53.8 Å². The predicted molar refractivity (Wildman–Crippen MR) is 84.9 cm³/mol. The summed E-state index contributed by atoms with van der Waals surface area (Å²) in [7, 11) is 0. The highest BCUT2D eigenvalue weighted by molar-refractivity contribution is 6.33. The molecule has 0 heterocycles. The molecule has 104 valence electrons. The third kappa shape index (κ3) is 3.85. The molecule has 0 amide bonds. The SMILES string of the molecule is Nc1c(Cl)cc([N+](=O)[O-])cc1C#C/C=C/c1ccccc1. The van der Waals surface area contributed by atoms with Gasteiger partial charge in [-0.25, -0.2) is 0 Å². The van der Waals surface area contributed by atoms with Gasteiger partial charge in [0.05, 0.1) is 21.2 Å². The summed E-state index contributed by atoms with van der Waals surface area (Å²) in [6.45, 7) is 0. The van der Waals surface area contributed by atoms with Gasteiger partial charge in [0.2, 0.25) is 0 Å². The van der Waals surface area contributed by atoms with E-state index in [1.54, 1.807) is 6.08 Å². The van der Waals surface area contributed by atoms with Crippen molar-refractivity contribution in [3.05, 3.63) is 74.8 Å². The fraction of sp³-hybridized carbons (Fsp3) is 0. The minimum absolute atomic E-state index is 0.125. The van der Waals surface area contributed by atoms with Crippen LogP contribution in [0.5, 0.6) is 0 Å². The zero-order chi connectivity index (χ0) is 15.2. The topological polar surface area (TPSA) is 69.2 Å². The van der Waals surface area contributed by atoms with Crippen molar-refractivity contribution in [2.24, 2.45) is 0 Å². The standard InChI is InChI=1S/C16H11ClN2O2/c17-15-11-14(19(20)21)10-13(16(15)18)9-5-4-8-12-6-2-1-3-7-12/h1-4,6-8,10-11H,18H2/b8-4+. The molecule has 0 fully saturated rings. The molecule has 0 aliphatic carbocycles. The summed E-state index contributed by atoms with van der Waals surface area (Å²) in [6, 6.07) is 12.2. The van der Waals surface area contributed by atoms with Crippen LogP contribution in [0.15, 0.2) is 48.5 Å². The van der Waals surface area contributed by atoms with Crippen LogP contribution in [-0.4, -0.2) is 4.92 Å². The summed E-state index contributed by atoms with van der Waals surface area (Å²) in [6.07, 6.45) is 3.49. The first-order chi connectivity index (χ1) is 10.1. The molecule has 0 aromatic heterocycles. The third-order valence-corrected chi connectivity index (χ3v) is 3.00. The fourth-order valence-corrected chi connectivity index (χ4v) is 1.85. The summed E-state index contributed by atoms with van der Waals surface area (Å²) in [5.74, 6) is 5.56. The van der Waals surface area contributed by atoms with E-state index < -0.39 is 4.92 Å². The highest BCUT2D eigenvalue weighted by Gasteiger charge is 2.12. The van der Waals surface area contributed by atoms with Gasteiger partial charge in [0.25, 0.3) is 5.69 Å². The predicted octanol–water partition coefficient (Wildman–Crippen LogP) is 3.90. The van der Waals surface area contributed by atoms with Gasteiger partial charge in [0.15, 0.2) is 0 Å². The number of hydrogen-bond acceptors (Lipinski definition) is 3. The molecule has 21 heavy (non-hydrogen) atoms. The van der Waals surface area contributed by atoms with E-state index in [4.69, 9.17) is 17.3 Å². The van der Waals surface area contributed by atoms with E-state index in [9.17, 15) is 10.1 Å². The summed E-state index contributed by atoms with van der Waals surface area (Å²) in [5, 5.41) is 10.9. The maximum absolute atomic E-state index is 10.8. The summed E-state index contributed by atoms with van der Waals surface area (Å²) < 4.78 is 0. The number of nitro benzene ring substituents is 1. The lowest BCUT2D eigenvalue weighted by molar-refractivity contribution is -0.384. The van der Waals surface area contributed by atoms with Crippen molar-refractivity contribution in [1.29, 1.82) is 0 Å². The molecule has 0 radical (unpaired) electrons. The second-order valence-corrected chi connectivity index (χ2v) is 4.57. The van der Waals surface area contributed by atoms with E-state index in [-0.39, 0.29) is 16.4 Å². The van der Waals surface area contributed by atoms with Crippen molar-refractivity contribution < 1.29 is 4.92 Å². The molecular formula is C16H11ClN2O2. The number of allylic oxidation sites excluding steroid dienone is 1. The van der Waals surface area contributed by atoms with Gasteiger partial charge in [0, 0.05) is 12.1 Å². The van der Waals surface area contributed by atoms with Crippen LogP contribution in [-0.2, 0) is 0 Å². The first-order valence-electron chi connectivity index (χ1n) is 6.04. The molecule has 0 atom stereocenters. The first-order valence-corrected chi connectivity index (χ1v) is 6.42. The fourth-order valence-electron chi connectivity index (χ4n) is 1.63. The molecule has 0 aliphatic rings. The molecule has 4 nitrogen and oxygen atoms in total. The average Bonchev–Trinajstić information content (AvgIpc) is 2.48. The van der Waals surface area contributed by atoms with Gasteiger partial charge >= 0.3 is 0 Å². The second kappa shape index (κ2) is 6.60. The van der Waals surface area contributed by atoms with Crippen LogP contribution >= 0.6 is 11.6 Å². The number of nitro groups is 1. The van der Waals surface area contributed by atoms with Crippen molar-refractivity contribution in [2.75, 3.05) is 5.73 Å². The van der Waals surface area contributed by atoms with Crippen molar-refractivity contribution in [3.8, 4) is 11.8 Å². The third-order valence-electron chi connectivity index (χ3n) is 2.69. The van der Waals surface area contributed by atoms with Gasteiger partial charge in [-0.05, 0) is 17.7 Å². The molecule has 2 aromatic rings. The number of halogens is 1. The Balaban J connectivity index is 2.26. The number of nitrogen functional groups attached to an aromatic ring is 1. The van der Waals surface area contributed by atoms with Gasteiger partial charge in [0.1, 0.15) is 0 Å². The Bertz CT molecular complexity index is 759. The monoisotopic (exact) mass is 298 g/mol. The van der Waals surface area contributed by atoms with Gasteiger partial charge in [-0.3, -0.25) is 10.1 Å². The van der Waals surface area contributed by atoms with E-state index >= 15 is 0 Å². The lowest BCUT2D eigenvalue weighted by Crippen LogP contribution is -1.95. The molecule has 2 N–H and O–H groups in total. The summed E-state index contributed by atoms with van der Waals surface area (Å²) >= 11 is 5.86. The van der Waals surface area contributed by atoms with E-state index in [0.29, 0.717) is 5.56 Å². The number of nitrogens with zero attached hydrogens (tertiary/aromatic N) is 1. The zero-order valence-corrected chi connectivity index (χ0v) is 11.7. The summed E-state index contributed by atoms with van der Waals surface area (Å²) in [4.78, 5) is 10.2. The molecule has 0 unspecified atom stereocenters. The molecular weight excluding hydrogens is 288 g/mol. The van der Waals surface area contributed by atoms with Gasteiger partial charge in [-0.15, -0.1) is 0 Å². The molecule has 0 bridgehead atoms. The van der Waals surface area contributed by atoms with Crippen LogP contribution in [0.4, 0.5) is 11.4 Å². The minimum atomic E-state index is -0.531. The van der Waals surface area contributed by atoms with Crippen molar-refractivity contribution in [2.45, 2.75) is 0 Å². The van der Waals surface area contributed by atoms with E-state index in [1.165, 1.54) is 12.1 Å². The van der Waals surface area contributed by atoms with E-state index in [0.717, 1.165) is 5.56 Å². The number of anilines is 1. The molecule has 2 aromatic carbocycles. The van der Waals surface area contributed by atoms with Gasteiger partial charge < -0.3 is 5.73 Å². The molecule has 0 spiro atoms. The van der Waals surface area contributed by atoms with Crippen LogP contribution in [0.25, 0.3) is 6.08 Å². The average molecular weight is 299 g/mol. The number of non-ortho nitro benzene ring substituents is 1. The Morgan fingerprint density at radius 2 is 1.95 bits per heavy atom. The van der Waals surface area contributed by atoms with Crippen LogP contribution in [0.2, 0.25) is 5.02 Å². The number of nitrogens with two attached hydrogens (primary N) is 1. The van der Waals surface area contributed by atoms with Crippen molar-refractivity contribution >= 4 is 29.1 Å². The van der Waals surface area contributed by atoms with Crippen LogP contribution in [0.3, 0.4) is 0 Å². The maximum atomic E-state index is 10.8. The Morgan fingerprint density at radius 1 is 1.24 bits per heavy atom. The number of benzene rings is 2. The highest BCUT2D eigenvalue weighted by Crippen LogP contribution is 2.28. The zero-order valence-electron chi connectivity index (χ0n) is 10.9. The smallest absolute Gasteiger partial charge is 0.272 e. The van der Waals surface area contributed by atoms with Crippen molar-refractivity contribution in [3.63, 3.8) is 0 Å². The highest BCUT2D eigenvalue weighted by atomic mass is 35.5. The molecule has 0 aliphatic heterocycles. The molecule has 0 saturated carbocycles. The molecule has 2 rings (SSSR count). The molecule has 0 saturated heterocycles.